The smallest absolute Gasteiger partial charge is 0.328 e. The van der Waals surface area contributed by atoms with Crippen molar-refractivity contribution in [3.05, 3.63) is 45.5 Å². The van der Waals surface area contributed by atoms with Gasteiger partial charge in [-0.3, -0.25) is 4.79 Å². The molecule has 1 aromatic rings. The van der Waals surface area contributed by atoms with Gasteiger partial charge in [0.1, 0.15) is 12.6 Å². The molecule has 1 atom stereocenters. The SMILES string of the molecule is COC(=O)[C@H](CCCN=C(N)N[N+](=O)[O-])NC(=O)c1ccc(OCC=C(C)C)c(OC)c1. The number of carbonyl (C=O) groups excluding carboxylic acids is 2. The van der Waals surface area contributed by atoms with Gasteiger partial charge >= 0.3 is 5.97 Å². The van der Waals surface area contributed by atoms with Crippen molar-refractivity contribution in [1.29, 1.82) is 0 Å². The monoisotopic (exact) mass is 451 g/mol. The number of carbonyl (C=O) groups is 2. The number of esters is 1. The molecule has 4 N–H and O–H groups in total. The van der Waals surface area contributed by atoms with E-state index >= 15 is 0 Å². The number of allylic oxidation sites excluding steroid dienone is 1. The number of hydrogen-bond donors (Lipinski definition) is 3. The fourth-order valence-corrected chi connectivity index (χ4v) is 2.48. The van der Waals surface area contributed by atoms with E-state index in [2.05, 4.69) is 10.3 Å². The summed E-state index contributed by atoms with van der Waals surface area (Å²) in [4.78, 5) is 38.8. The van der Waals surface area contributed by atoms with E-state index in [1.807, 2.05) is 19.9 Å². The van der Waals surface area contributed by atoms with Gasteiger partial charge in [0.05, 0.1) is 14.2 Å². The average Bonchev–Trinajstić information content (AvgIpc) is 2.74. The standard InChI is InChI=1S/C20H29N5O7/c1-13(2)9-11-32-16-8-7-14(12-17(16)30-3)18(26)23-15(19(27)31-4)6-5-10-22-20(21)24-25(28)29/h7-9,12,15H,5-6,10-11H2,1-4H3,(H,23,26)(H3,21,22,24)/t15-/m0/s1. The quantitative estimate of drug-likeness (QED) is 0.0804. The molecule has 0 aliphatic heterocycles. The van der Waals surface area contributed by atoms with Crippen LogP contribution in [0.4, 0.5) is 0 Å². The van der Waals surface area contributed by atoms with Gasteiger partial charge in [-0.2, -0.15) is 0 Å². The summed E-state index contributed by atoms with van der Waals surface area (Å²) in [5.74, 6) is -0.644. The Labute approximate surface area is 185 Å². The normalized spacial score (nSPS) is 11.7. The highest BCUT2D eigenvalue weighted by Crippen LogP contribution is 2.28. The number of aliphatic imine (C=N–C) groups is 1. The Kier molecular flexibility index (Phi) is 11.0. The molecule has 0 fully saturated rings. The summed E-state index contributed by atoms with van der Waals surface area (Å²) in [6.45, 7) is 4.38. The summed E-state index contributed by atoms with van der Waals surface area (Å²) < 4.78 is 15.7. The molecule has 1 aromatic carbocycles. The molecule has 0 aliphatic rings. The fraction of sp³-hybridized carbons (Fsp3) is 0.450. The van der Waals surface area contributed by atoms with Crippen LogP contribution >= 0.6 is 0 Å². The summed E-state index contributed by atoms with van der Waals surface area (Å²) in [7, 11) is 2.67. The highest BCUT2D eigenvalue weighted by Gasteiger charge is 2.22. The van der Waals surface area contributed by atoms with Gasteiger partial charge in [0, 0.05) is 12.1 Å². The van der Waals surface area contributed by atoms with E-state index in [9.17, 15) is 19.7 Å². The molecule has 0 radical (unpaired) electrons. The van der Waals surface area contributed by atoms with Gasteiger partial charge in [-0.25, -0.2) is 19.9 Å². The first-order valence-corrected chi connectivity index (χ1v) is 9.71. The zero-order chi connectivity index (χ0) is 24.1. The molecule has 12 heteroatoms. The zero-order valence-corrected chi connectivity index (χ0v) is 18.5. The average molecular weight is 451 g/mol. The minimum absolute atomic E-state index is 0.113. The van der Waals surface area contributed by atoms with Crippen molar-refractivity contribution < 1.29 is 28.8 Å². The molecule has 1 rings (SSSR count). The largest absolute Gasteiger partial charge is 0.493 e. The maximum Gasteiger partial charge on any atom is 0.328 e. The Morgan fingerprint density at radius 1 is 1.28 bits per heavy atom. The summed E-state index contributed by atoms with van der Waals surface area (Å²) in [5.41, 5.74) is 8.42. The molecule has 1 amide bonds. The highest BCUT2D eigenvalue weighted by molar-refractivity contribution is 5.97. The van der Waals surface area contributed by atoms with E-state index in [0.717, 1.165) is 5.57 Å². The number of nitrogens with two attached hydrogens (primary N) is 1. The molecule has 0 aliphatic carbocycles. The van der Waals surface area contributed by atoms with E-state index in [4.69, 9.17) is 19.9 Å². The Bertz CT molecular complexity index is 866. The van der Waals surface area contributed by atoms with Gasteiger partial charge in [-0.15, -0.1) is 0 Å². The van der Waals surface area contributed by atoms with Crippen molar-refractivity contribution in [3.63, 3.8) is 0 Å². The first-order chi connectivity index (χ1) is 15.2. The number of nitrogens with one attached hydrogen (secondary N) is 2. The number of guanidine groups is 1. The second-order valence-corrected chi connectivity index (χ2v) is 6.79. The van der Waals surface area contributed by atoms with Gasteiger partial charge in [0.2, 0.25) is 0 Å². The van der Waals surface area contributed by atoms with Crippen LogP contribution in [0.2, 0.25) is 0 Å². The first-order valence-electron chi connectivity index (χ1n) is 9.71. The number of ether oxygens (including phenoxy) is 3. The molecule has 0 aromatic heterocycles. The maximum absolute atomic E-state index is 12.7. The minimum Gasteiger partial charge on any atom is -0.493 e. The van der Waals surface area contributed by atoms with Gasteiger partial charge in [0.25, 0.3) is 11.9 Å². The molecule has 0 saturated carbocycles. The summed E-state index contributed by atoms with van der Waals surface area (Å²) >= 11 is 0. The van der Waals surface area contributed by atoms with Crippen LogP contribution in [-0.4, -0.2) is 56.3 Å². The van der Waals surface area contributed by atoms with Crippen LogP contribution in [0.25, 0.3) is 0 Å². The fourth-order valence-electron chi connectivity index (χ4n) is 2.48. The number of amides is 1. The molecule has 0 heterocycles. The summed E-state index contributed by atoms with van der Waals surface area (Å²) in [5, 5.41) is 12.1. The van der Waals surface area contributed by atoms with Gasteiger partial charge in [-0.05, 0) is 51.0 Å². The lowest BCUT2D eigenvalue weighted by Crippen LogP contribution is -2.41. The van der Waals surface area contributed by atoms with Crippen molar-refractivity contribution in [2.75, 3.05) is 27.4 Å². The Balaban J connectivity index is 2.79. The van der Waals surface area contributed by atoms with E-state index in [1.54, 1.807) is 17.6 Å². The van der Waals surface area contributed by atoms with Crippen LogP contribution in [0.15, 0.2) is 34.8 Å². The number of benzene rings is 1. The lowest BCUT2D eigenvalue weighted by atomic mass is 10.1. The van der Waals surface area contributed by atoms with E-state index in [1.165, 1.54) is 20.3 Å². The molecule has 176 valence electrons. The topological polar surface area (TPSA) is 167 Å². The third-order valence-electron chi connectivity index (χ3n) is 4.09. The Hall–Kier alpha value is -3.83. The van der Waals surface area contributed by atoms with Crippen molar-refractivity contribution in [3.8, 4) is 11.5 Å². The van der Waals surface area contributed by atoms with E-state index in [0.29, 0.717) is 24.5 Å². The molecule has 0 saturated heterocycles. The lowest BCUT2D eigenvalue weighted by Gasteiger charge is -2.17. The first kappa shape index (κ1) is 26.2. The third-order valence-corrected chi connectivity index (χ3v) is 4.09. The van der Waals surface area contributed by atoms with E-state index in [-0.39, 0.29) is 24.5 Å². The van der Waals surface area contributed by atoms with Crippen LogP contribution in [0.3, 0.4) is 0 Å². The Morgan fingerprint density at radius 2 is 2.00 bits per heavy atom. The van der Waals surface area contributed by atoms with Crippen molar-refractivity contribution in [2.45, 2.75) is 32.7 Å². The van der Waals surface area contributed by atoms with E-state index < -0.39 is 23.0 Å². The Morgan fingerprint density at radius 3 is 2.59 bits per heavy atom. The summed E-state index contributed by atoms with van der Waals surface area (Å²) in [6.07, 6.45) is 2.42. The second kappa shape index (κ2) is 13.5. The maximum atomic E-state index is 12.7. The van der Waals surface area contributed by atoms with Crippen LogP contribution in [0, 0.1) is 10.1 Å². The lowest BCUT2D eigenvalue weighted by molar-refractivity contribution is -0.525. The molecule has 0 unspecified atom stereocenters. The molecule has 0 spiro atoms. The number of nitro groups is 1. The molecule has 0 bridgehead atoms. The number of methoxy groups -OCH3 is 2. The van der Waals surface area contributed by atoms with Crippen molar-refractivity contribution in [1.82, 2.24) is 10.7 Å². The highest BCUT2D eigenvalue weighted by atomic mass is 16.7. The van der Waals surface area contributed by atoms with Gasteiger partial charge in [0.15, 0.2) is 16.5 Å². The number of hydrogen-bond acceptors (Lipinski definition) is 8. The summed E-state index contributed by atoms with van der Waals surface area (Å²) in [6, 6.07) is 3.74. The number of nitrogens with zero attached hydrogens (tertiary/aromatic N) is 2. The van der Waals surface area contributed by atoms with Crippen LogP contribution in [0.1, 0.15) is 37.0 Å². The second-order valence-electron chi connectivity index (χ2n) is 6.79. The van der Waals surface area contributed by atoms with Crippen molar-refractivity contribution in [2.24, 2.45) is 10.7 Å². The van der Waals surface area contributed by atoms with Crippen LogP contribution in [-0.2, 0) is 9.53 Å². The van der Waals surface area contributed by atoms with Crippen LogP contribution in [0.5, 0.6) is 11.5 Å². The molecule has 12 nitrogen and oxygen atoms in total. The zero-order valence-electron chi connectivity index (χ0n) is 18.5. The number of rotatable bonds is 12. The molecule has 32 heavy (non-hydrogen) atoms. The van der Waals surface area contributed by atoms with Gasteiger partial charge in [-0.1, -0.05) is 11.0 Å². The predicted molar refractivity (Wildman–Crippen MR) is 117 cm³/mol. The molecular weight excluding hydrogens is 422 g/mol. The van der Waals surface area contributed by atoms with Crippen molar-refractivity contribution >= 4 is 17.8 Å². The minimum atomic E-state index is -0.938. The predicted octanol–water partition coefficient (Wildman–Crippen LogP) is 1.19. The third kappa shape index (κ3) is 9.32. The molecular formula is C20H29N5O7. The van der Waals surface area contributed by atoms with Crippen LogP contribution < -0.4 is 25.9 Å². The van der Waals surface area contributed by atoms with Gasteiger partial charge < -0.3 is 25.3 Å². The number of hydrazine groups is 1.